The number of nitrogens with one attached hydrogen (secondary N) is 1. The van der Waals surface area contributed by atoms with Crippen LogP contribution in [0.4, 0.5) is 0 Å². The molecule has 0 aliphatic carbocycles. The molecule has 1 heterocycles. The Hall–Kier alpha value is -0.190. The summed E-state index contributed by atoms with van der Waals surface area (Å²) >= 11 is 4.97. The maximum atomic E-state index is 5.11. The molecule has 0 aromatic carbocycles. The quantitative estimate of drug-likeness (QED) is 0.575. The highest BCUT2D eigenvalue weighted by atomic mass is 32.1. The van der Waals surface area contributed by atoms with E-state index in [1.807, 2.05) is 0 Å². The average Bonchev–Trinajstić information content (AvgIpc) is 2.30. The first-order chi connectivity index (χ1) is 4.79. The van der Waals surface area contributed by atoms with E-state index in [1.54, 1.807) is 14.2 Å². The third-order valence-electron chi connectivity index (χ3n) is 1.63. The summed E-state index contributed by atoms with van der Waals surface area (Å²) in [5, 5.41) is 3.00. The Morgan fingerprint density at radius 3 is 2.60 bits per heavy atom. The van der Waals surface area contributed by atoms with Gasteiger partial charge in [-0.15, -0.1) is 0 Å². The van der Waals surface area contributed by atoms with Gasteiger partial charge in [-0.1, -0.05) is 12.2 Å². The van der Waals surface area contributed by atoms with Gasteiger partial charge >= 0.3 is 0 Å². The lowest BCUT2D eigenvalue weighted by molar-refractivity contribution is 0.0153. The summed E-state index contributed by atoms with van der Waals surface area (Å²) in [6.45, 7) is 0.758. The Morgan fingerprint density at radius 1 is 1.50 bits per heavy atom. The molecule has 0 saturated carbocycles. The van der Waals surface area contributed by atoms with Crippen molar-refractivity contribution in [2.75, 3.05) is 20.8 Å². The van der Waals surface area contributed by atoms with Crippen molar-refractivity contribution in [1.82, 2.24) is 5.32 Å². The first-order valence-electron chi connectivity index (χ1n) is 3.13. The van der Waals surface area contributed by atoms with Gasteiger partial charge in [0.25, 0.3) is 0 Å². The van der Waals surface area contributed by atoms with Gasteiger partial charge in [0.05, 0.1) is 0 Å². The number of hydrogen-bond acceptors (Lipinski definition) is 3. The molecule has 1 fully saturated rings. The van der Waals surface area contributed by atoms with Crippen LogP contribution in [0.15, 0.2) is 0 Å². The summed E-state index contributed by atoms with van der Waals surface area (Å²) in [7, 11) is 3.29. The van der Waals surface area contributed by atoms with Crippen molar-refractivity contribution in [3.63, 3.8) is 0 Å². The van der Waals surface area contributed by atoms with Crippen LogP contribution in [-0.2, 0) is 9.47 Å². The smallest absolute Gasteiger partial charge is 0.135 e. The van der Waals surface area contributed by atoms with E-state index in [2.05, 4.69) is 5.32 Å². The van der Waals surface area contributed by atoms with Crippen molar-refractivity contribution in [3.8, 4) is 0 Å². The predicted octanol–water partition coefficient (Wildman–Crippen LogP) is -0.0530. The maximum absolute atomic E-state index is 5.11. The third kappa shape index (κ3) is 1.28. The highest BCUT2D eigenvalue weighted by Crippen LogP contribution is 2.09. The molecular formula is C6H11NO2S. The van der Waals surface area contributed by atoms with Crippen molar-refractivity contribution < 1.29 is 9.47 Å². The van der Waals surface area contributed by atoms with Gasteiger partial charge in [-0.25, -0.2) is 0 Å². The highest BCUT2D eigenvalue weighted by molar-refractivity contribution is 7.80. The van der Waals surface area contributed by atoms with Gasteiger partial charge in [0.2, 0.25) is 0 Å². The Labute approximate surface area is 65.7 Å². The number of hydrogen-bond donors (Lipinski definition) is 1. The minimum Gasteiger partial charge on any atom is -0.376 e. The van der Waals surface area contributed by atoms with E-state index in [9.17, 15) is 0 Å². The molecule has 58 valence electrons. The normalized spacial score (nSPS) is 32.4. The highest BCUT2D eigenvalue weighted by Gasteiger charge is 2.31. The van der Waals surface area contributed by atoms with Crippen LogP contribution in [0.2, 0.25) is 0 Å². The zero-order chi connectivity index (χ0) is 7.56. The summed E-state index contributed by atoms with van der Waals surface area (Å²) in [4.78, 5) is 0.745. The van der Waals surface area contributed by atoms with Gasteiger partial charge in [-0.3, -0.25) is 0 Å². The molecule has 0 radical (unpaired) electrons. The molecule has 2 unspecified atom stereocenters. The van der Waals surface area contributed by atoms with Gasteiger partial charge in [-0.2, -0.15) is 0 Å². The summed E-state index contributed by atoms with van der Waals surface area (Å²) in [6, 6.07) is 0. The van der Waals surface area contributed by atoms with E-state index in [4.69, 9.17) is 21.7 Å². The van der Waals surface area contributed by atoms with E-state index in [0.29, 0.717) is 0 Å². The number of ether oxygens (including phenoxy) is 2. The van der Waals surface area contributed by atoms with Crippen LogP contribution in [0.25, 0.3) is 0 Å². The second-order valence-corrected chi connectivity index (χ2v) is 2.62. The number of rotatable bonds is 2. The number of methoxy groups -OCH3 is 2. The molecule has 4 heteroatoms. The Morgan fingerprint density at radius 2 is 2.20 bits per heavy atom. The first-order valence-corrected chi connectivity index (χ1v) is 3.53. The van der Waals surface area contributed by atoms with Crippen LogP contribution in [0.1, 0.15) is 0 Å². The minimum absolute atomic E-state index is 0.0556. The molecule has 2 atom stereocenters. The monoisotopic (exact) mass is 161 g/mol. The fourth-order valence-corrected chi connectivity index (χ4v) is 1.37. The maximum Gasteiger partial charge on any atom is 0.135 e. The van der Waals surface area contributed by atoms with Crippen LogP contribution in [0, 0.1) is 0 Å². The molecule has 0 bridgehead atoms. The first kappa shape index (κ1) is 7.91. The van der Waals surface area contributed by atoms with Crippen molar-refractivity contribution in [3.05, 3.63) is 0 Å². The second-order valence-electron chi connectivity index (χ2n) is 2.18. The van der Waals surface area contributed by atoms with Crippen LogP contribution in [0.3, 0.4) is 0 Å². The summed E-state index contributed by atoms with van der Waals surface area (Å²) < 4.78 is 10.2. The zero-order valence-corrected chi connectivity index (χ0v) is 6.90. The predicted molar refractivity (Wildman–Crippen MR) is 42.2 cm³/mol. The Bertz CT molecular complexity index is 140. The molecule has 1 N–H and O–H groups in total. The molecule has 0 aromatic rings. The van der Waals surface area contributed by atoms with Crippen molar-refractivity contribution in [2.45, 2.75) is 12.2 Å². The molecule has 1 aliphatic rings. The Balaban J connectivity index is 2.54. The topological polar surface area (TPSA) is 30.5 Å². The van der Waals surface area contributed by atoms with Crippen molar-refractivity contribution >= 4 is 17.2 Å². The lowest BCUT2D eigenvalue weighted by Crippen LogP contribution is -2.30. The number of thiocarbonyl (C=S) groups is 1. The van der Waals surface area contributed by atoms with Crippen LogP contribution < -0.4 is 5.32 Å². The largest absolute Gasteiger partial charge is 0.376 e. The van der Waals surface area contributed by atoms with E-state index >= 15 is 0 Å². The summed E-state index contributed by atoms with van der Waals surface area (Å²) in [6.07, 6.45) is 0.0255. The third-order valence-corrected chi connectivity index (χ3v) is 2.01. The van der Waals surface area contributed by atoms with E-state index in [0.717, 1.165) is 11.5 Å². The second kappa shape index (κ2) is 3.27. The summed E-state index contributed by atoms with van der Waals surface area (Å²) in [5.41, 5.74) is 0. The van der Waals surface area contributed by atoms with Crippen LogP contribution in [-0.4, -0.2) is 38.0 Å². The van der Waals surface area contributed by atoms with E-state index in [-0.39, 0.29) is 12.2 Å². The molecule has 1 aliphatic heterocycles. The van der Waals surface area contributed by atoms with Gasteiger partial charge in [-0.05, 0) is 0 Å². The van der Waals surface area contributed by atoms with Gasteiger partial charge in [0.1, 0.15) is 17.2 Å². The Kier molecular flexibility index (Phi) is 2.59. The van der Waals surface area contributed by atoms with Gasteiger partial charge in [0.15, 0.2) is 0 Å². The van der Waals surface area contributed by atoms with Crippen molar-refractivity contribution in [2.24, 2.45) is 0 Å². The molecule has 0 amide bonds. The molecular weight excluding hydrogens is 150 g/mol. The van der Waals surface area contributed by atoms with Gasteiger partial charge < -0.3 is 14.8 Å². The van der Waals surface area contributed by atoms with E-state index in [1.165, 1.54) is 0 Å². The van der Waals surface area contributed by atoms with Crippen LogP contribution in [0.5, 0.6) is 0 Å². The zero-order valence-electron chi connectivity index (χ0n) is 6.09. The molecule has 0 spiro atoms. The summed E-state index contributed by atoms with van der Waals surface area (Å²) in [5.74, 6) is 0. The van der Waals surface area contributed by atoms with Crippen LogP contribution >= 0.6 is 12.2 Å². The molecule has 10 heavy (non-hydrogen) atoms. The fraction of sp³-hybridized carbons (Fsp3) is 0.833. The minimum atomic E-state index is -0.0556. The van der Waals surface area contributed by atoms with Crippen molar-refractivity contribution in [1.29, 1.82) is 0 Å². The average molecular weight is 161 g/mol. The van der Waals surface area contributed by atoms with Gasteiger partial charge in [0, 0.05) is 20.8 Å². The molecule has 3 nitrogen and oxygen atoms in total. The molecule has 0 aromatic heterocycles. The lowest BCUT2D eigenvalue weighted by Gasteiger charge is -2.13. The molecule has 1 rings (SSSR count). The lowest BCUT2D eigenvalue weighted by atomic mass is 10.2. The fourth-order valence-electron chi connectivity index (χ4n) is 1.04. The molecule has 1 saturated heterocycles. The van der Waals surface area contributed by atoms with E-state index < -0.39 is 0 Å². The SMILES string of the molecule is COC1CNC(=S)C1OC. The standard InChI is InChI=1S/C6H11NO2S/c1-8-4-3-7-6(10)5(4)9-2/h4-5H,3H2,1-2H3,(H,7,10).